The fraction of sp³-hybridized carbons (Fsp3) is 0. The molecule has 0 atom stereocenters. The predicted molar refractivity (Wildman–Crippen MR) is 69.3 cm³/mol. The fourth-order valence-electron chi connectivity index (χ4n) is 2.07. The molecule has 0 aliphatic rings. The van der Waals surface area contributed by atoms with E-state index in [0.717, 1.165) is 16.6 Å². The van der Waals surface area contributed by atoms with Crippen LogP contribution in [0, 0.1) is 0 Å². The summed E-state index contributed by atoms with van der Waals surface area (Å²) in [6.07, 6.45) is 4.07. The van der Waals surface area contributed by atoms with Gasteiger partial charge in [0.15, 0.2) is 6.29 Å². The molecule has 4 heteroatoms. The zero-order valence-electron chi connectivity index (χ0n) is 9.46. The number of nitrogens with one attached hydrogen (secondary N) is 1. The molecule has 18 heavy (non-hydrogen) atoms. The minimum absolute atomic E-state index is 0.157. The van der Waals surface area contributed by atoms with Gasteiger partial charge in [0.05, 0.1) is 11.3 Å². The third-order valence-corrected chi connectivity index (χ3v) is 2.94. The number of aromatic nitrogens is 2. The Kier molecular flexibility index (Phi) is 2.34. The van der Waals surface area contributed by atoms with Gasteiger partial charge in [-0.05, 0) is 30.3 Å². The van der Waals surface area contributed by atoms with Crippen LogP contribution >= 0.6 is 0 Å². The summed E-state index contributed by atoms with van der Waals surface area (Å²) in [4.78, 5) is 26.0. The second kappa shape index (κ2) is 4.00. The summed E-state index contributed by atoms with van der Waals surface area (Å²) >= 11 is 0. The summed E-state index contributed by atoms with van der Waals surface area (Å²) in [6, 6.07) is 10.8. The highest BCUT2D eigenvalue weighted by atomic mass is 16.1. The summed E-state index contributed by atoms with van der Waals surface area (Å²) in [6.45, 7) is 0. The number of pyridine rings is 1. The van der Waals surface area contributed by atoms with Crippen LogP contribution in [-0.2, 0) is 0 Å². The van der Waals surface area contributed by atoms with E-state index in [-0.39, 0.29) is 11.1 Å². The molecular weight excluding hydrogens is 228 g/mol. The highest BCUT2D eigenvalue weighted by Gasteiger charge is 2.07. The molecule has 0 aliphatic heterocycles. The number of fused-ring (bicyclic) bond motifs is 1. The monoisotopic (exact) mass is 238 g/mol. The first-order valence-corrected chi connectivity index (χ1v) is 5.54. The van der Waals surface area contributed by atoms with Crippen LogP contribution in [0.15, 0.2) is 53.6 Å². The Balaban J connectivity index is 2.36. The summed E-state index contributed by atoms with van der Waals surface area (Å²) in [7, 11) is 0. The van der Waals surface area contributed by atoms with Gasteiger partial charge in [0, 0.05) is 23.3 Å². The molecule has 1 aromatic carbocycles. The van der Waals surface area contributed by atoms with Crippen molar-refractivity contribution < 1.29 is 4.79 Å². The SMILES string of the molecule is O=Cc1cccn(-c2cccc3[nH]ccc23)c1=O. The van der Waals surface area contributed by atoms with E-state index in [1.807, 2.05) is 30.5 Å². The number of hydrogen-bond acceptors (Lipinski definition) is 2. The molecule has 0 unspecified atom stereocenters. The van der Waals surface area contributed by atoms with Crippen molar-refractivity contribution in [3.05, 3.63) is 64.7 Å². The highest BCUT2D eigenvalue weighted by molar-refractivity contribution is 5.88. The fourth-order valence-corrected chi connectivity index (χ4v) is 2.07. The molecule has 0 fully saturated rings. The lowest BCUT2D eigenvalue weighted by Gasteiger charge is -2.07. The first-order chi connectivity index (χ1) is 8.81. The Labute approximate surface area is 102 Å². The van der Waals surface area contributed by atoms with Gasteiger partial charge in [0.2, 0.25) is 0 Å². The van der Waals surface area contributed by atoms with E-state index in [9.17, 15) is 9.59 Å². The lowest BCUT2D eigenvalue weighted by atomic mass is 10.2. The van der Waals surface area contributed by atoms with Crippen molar-refractivity contribution in [3.63, 3.8) is 0 Å². The first-order valence-electron chi connectivity index (χ1n) is 5.54. The van der Waals surface area contributed by atoms with E-state index in [0.29, 0.717) is 6.29 Å². The molecule has 0 saturated carbocycles. The van der Waals surface area contributed by atoms with Gasteiger partial charge in [-0.1, -0.05) is 6.07 Å². The van der Waals surface area contributed by atoms with Crippen LogP contribution in [0.3, 0.4) is 0 Å². The molecular formula is C14H10N2O2. The van der Waals surface area contributed by atoms with Crippen LogP contribution in [0.4, 0.5) is 0 Å². The third-order valence-electron chi connectivity index (χ3n) is 2.94. The van der Waals surface area contributed by atoms with Gasteiger partial charge in [-0.2, -0.15) is 0 Å². The van der Waals surface area contributed by atoms with Crippen LogP contribution < -0.4 is 5.56 Å². The standard InChI is InChI=1S/C14H10N2O2/c17-9-10-3-2-8-16(14(10)18)13-5-1-4-12-11(13)6-7-15-12/h1-9,15H. The summed E-state index contributed by atoms with van der Waals surface area (Å²) in [5.41, 5.74) is 1.57. The van der Waals surface area contributed by atoms with Gasteiger partial charge in [-0.3, -0.25) is 14.2 Å². The summed E-state index contributed by atoms with van der Waals surface area (Å²) in [5.74, 6) is 0. The first kappa shape index (κ1) is 10.5. The van der Waals surface area contributed by atoms with Crippen LogP contribution in [-0.4, -0.2) is 15.8 Å². The molecule has 0 radical (unpaired) electrons. The molecule has 0 amide bonds. The lowest BCUT2D eigenvalue weighted by Crippen LogP contribution is -2.21. The second-order valence-electron chi connectivity index (χ2n) is 3.97. The highest BCUT2D eigenvalue weighted by Crippen LogP contribution is 2.19. The van der Waals surface area contributed by atoms with E-state index in [2.05, 4.69) is 4.98 Å². The number of benzene rings is 1. The zero-order chi connectivity index (χ0) is 12.5. The van der Waals surface area contributed by atoms with Crippen molar-refractivity contribution in [1.82, 2.24) is 9.55 Å². The lowest BCUT2D eigenvalue weighted by molar-refractivity contribution is 0.112. The molecule has 0 saturated heterocycles. The topological polar surface area (TPSA) is 54.9 Å². The van der Waals surface area contributed by atoms with Gasteiger partial charge in [0.25, 0.3) is 5.56 Å². The molecule has 0 spiro atoms. The summed E-state index contributed by atoms with van der Waals surface area (Å²) in [5, 5.41) is 0.947. The molecule has 88 valence electrons. The maximum atomic E-state index is 12.1. The quantitative estimate of drug-likeness (QED) is 0.695. The van der Waals surface area contributed by atoms with Crippen molar-refractivity contribution in [2.75, 3.05) is 0 Å². The average Bonchev–Trinajstić information content (AvgIpc) is 2.87. The van der Waals surface area contributed by atoms with Crippen LogP contribution in [0.25, 0.3) is 16.6 Å². The van der Waals surface area contributed by atoms with Gasteiger partial charge < -0.3 is 4.98 Å². The number of aromatic amines is 1. The van der Waals surface area contributed by atoms with E-state index in [4.69, 9.17) is 0 Å². The third kappa shape index (κ3) is 1.47. The van der Waals surface area contributed by atoms with Crippen molar-refractivity contribution in [3.8, 4) is 5.69 Å². The molecule has 4 nitrogen and oxygen atoms in total. The normalized spacial score (nSPS) is 10.7. The molecule has 2 aromatic heterocycles. The van der Waals surface area contributed by atoms with E-state index in [1.54, 1.807) is 12.3 Å². The Bertz CT molecular complexity index is 784. The average molecular weight is 238 g/mol. The van der Waals surface area contributed by atoms with Crippen LogP contribution in [0.2, 0.25) is 0 Å². The number of aldehydes is 1. The smallest absolute Gasteiger partial charge is 0.265 e. The summed E-state index contributed by atoms with van der Waals surface area (Å²) < 4.78 is 1.49. The van der Waals surface area contributed by atoms with Crippen molar-refractivity contribution >= 4 is 17.2 Å². The number of H-pyrrole nitrogens is 1. The largest absolute Gasteiger partial charge is 0.361 e. The number of carbonyl (C=O) groups excluding carboxylic acids is 1. The van der Waals surface area contributed by atoms with Gasteiger partial charge in [0.1, 0.15) is 0 Å². The maximum absolute atomic E-state index is 12.1. The van der Waals surface area contributed by atoms with Crippen molar-refractivity contribution in [1.29, 1.82) is 0 Å². The minimum atomic E-state index is -0.304. The zero-order valence-corrected chi connectivity index (χ0v) is 9.46. The predicted octanol–water partition coefficient (Wildman–Crippen LogP) is 2.13. The Morgan fingerprint density at radius 2 is 2.00 bits per heavy atom. The second-order valence-corrected chi connectivity index (χ2v) is 3.97. The Morgan fingerprint density at radius 3 is 2.83 bits per heavy atom. The van der Waals surface area contributed by atoms with E-state index >= 15 is 0 Å². The van der Waals surface area contributed by atoms with Crippen LogP contribution in [0.1, 0.15) is 10.4 Å². The number of carbonyl (C=O) groups is 1. The Morgan fingerprint density at radius 1 is 1.11 bits per heavy atom. The van der Waals surface area contributed by atoms with E-state index < -0.39 is 0 Å². The van der Waals surface area contributed by atoms with Crippen molar-refractivity contribution in [2.24, 2.45) is 0 Å². The van der Waals surface area contributed by atoms with Crippen LogP contribution in [0.5, 0.6) is 0 Å². The molecule has 1 N–H and O–H groups in total. The molecule has 3 aromatic rings. The Hall–Kier alpha value is -2.62. The maximum Gasteiger partial charge on any atom is 0.265 e. The molecule has 0 bridgehead atoms. The molecule has 0 aliphatic carbocycles. The van der Waals surface area contributed by atoms with Gasteiger partial charge in [-0.15, -0.1) is 0 Å². The molecule has 3 rings (SSSR count). The number of nitrogens with zero attached hydrogens (tertiary/aromatic N) is 1. The minimum Gasteiger partial charge on any atom is -0.361 e. The van der Waals surface area contributed by atoms with E-state index in [1.165, 1.54) is 10.6 Å². The van der Waals surface area contributed by atoms with Gasteiger partial charge in [-0.25, -0.2) is 0 Å². The molecule has 2 heterocycles. The number of hydrogen-bond donors (Lipinski definition) is 1. The van der Waals surface area contributed by atoms with Crippen molar-refractivity contribution in [2.45, 2.75) is 0 Å². The number of rotatable bonds is 2. The van der Waals surface area contributed by atoms with Gasteiger partial charge >= 0.3 is 0 Å².